The second kappa shape index (κ2) is 3.81. The predicted octanol–water partition coefficient (Wildman–Crippen LogP) is -1.46. The van der Waals surface area contributed by atoms with Crippen LogP contribution in [0.3, 0.4) is 0 Å². The molecule has 1 heterocycles. The topological polar surface area (TPSA) is 93.6 Å². The molecule has 1 aliphatic heterocycles. The highest BCUT2D eigenvalue weighted by atomic mass is 16.3. The number of nitrogens with one attached hydrogen (secondary N) is 3. The minimum Gasteiger partial charge on any atom is -0.394 e. The Labute approximate surface area is 105 Å². The Bertz CT molecular complexity index is 465. The SMILES string of the molecule is CC(CO)(CO)NC(=O)C1=C2C=C3CC3C2NN1. The summed E-state index contributed by atoms with van der Waals surface area (Å²) in [4.78, 5) is 12.1. The molecule has 0 aromatic rings. The van der Waals surface area contributed by atoms with E-state index in [4.69, 9.17) is 0 Å². The van der Waals surface area contributed by atoms with Crippen LogP contribution in [0.2, 0.25) is 0 Å². The lowest BCUT2D eigenvalue weighted by Gasteiger charge is -2.26. The molecule has 0 bridgehead atoms. The van der Waals surface area contributed by atoms with E-state index in [0.29, 0.717) is 11.6 Å². The fraction of sp³-hybridized carbons (Fsp3) is 0.583. The van der Waals surface area contributed by atoms with Crippen molar-refractivity contribution >= 4 is 5.91 Å². The Balaban J connectivity index is 1.78. The van der Waals surface area contributed by atoms with Gasteiger partial charge in [-0.3, -0.25) is 4.79 Å². The van der Waals surface area contributed by atoms with Crippen molar-refractivity contribution in [3.8, 4) is 0 Å². The Morgan fingerprint density at radius 3 is 2.94 bits per heavy atom. The number of carbonyl (C=O) groups excluding carboxylic acids is 1. The zero-order valence-electron chi connectivity index (χ0n) is 10.2. The number of aliphatic hydroxyl groups excluding tert-OH is 2. The van der Waals surface area contributed by atoms with Crippen LogP contribution in [0.1, 0.15) is 13.3 Å². The van der Waals surface area contributed by atoms with E-state index in [1.807, 2.05) is 0 Å². The Hall–Kier alpha value is -1.37. The molecule has 0 aromatic heterocycles. The molecule has 1 saturated carbocycles. The van der Waals surface area contributed by atoms with E-state index in [2.05, 4.69) is 22.2 Å². The third-order valence-electron chi connectivity index (χ3n) is 3.83. The molecular formula is C12H17N3O3. The van der Waals surface area contributed by atoms with Gasteiger partial charge in [0.15, 0.2) is 0 Å². The van der Waals surface area contributed by atoms with E-state index in [9.17, 15) is 15.0 Å². The van der Waals surface area contributed by atoms with Crippen LogP contribution in [0, 0.1) is 5.92 Å². The van der Waals surface area contributed by atoms with Gasteiger partial charge in [-0.15, -0.1) is 0 Å². The highest BCUT2D eigenvalue weighted by Gasteiger charge is 2.48. The fourth-order valence-electron chi connectivity index (χ4n) is 2.48. The molecule has 3 rings (SSSR count). The van der Waals surface area contributed by atoms with Gasteiger partial charge in [0.25, 0.3) is 5.91 Å². The van der Waals surface area contributed by atoms with Gasteiger partial charge in [0.2, 0.25) is 0 Å². The van der Waals surface area contributed by atoms with Crippen molar-refractivity contribution in [1.82, 2.24) is 16.2 Å². The molecule has 2 aliphatic carbocycles. The molecule has 5 N–H and O–H groups in total. The van der Waals surface area contributed by atoms with Crippen molar-refractivity contribution in [2.75, 3.05) is 13.2 Å². The summed E-state index contributed by atoms with van der Waals surface area (Å²) in [5, 5.41) is 21.0. The van der Waals surface area contributed by atoms with Gasteiger partial charge >= 0.3 is 0 Å². The number of hydrogen-bond acceptors (Lipinski definition) is 5. The van der Waals surface area contributed by atoms with Gasteiger partial charge in [0.05, 0.1) is 24.8 Å². The van der Waals surface area contributed by atoms with Gasteiger partial charge < -0.3 is 21.0 Å². The first kappa shape index (κ1) is 11.7. The summed E-state index contributed by atoms with van der Waals surface area (Å²) >= 11 is 0. The fourth-order valence-corrected chi connectivity index (χ4v) is 2.48. The summed E-state index contributed by atoms with van der Waals surface area (Å²) in [6.07, 6.45) is 3.18. The second-order valence-electron chi connectivity index (χ2n) is 5.44. The smallest absolute Gasteiger partial charge is 0.269 e. The summed E-state index contributed by atoms with van der Waals surface area (Å²) in [5.41, 5.74) is 7.86. The standard InChI is InChI=1S/C12H17N3O3/c1-12(4-16,5-17)13-11(18)10-8-3-6-2-7(6)9(8)14-15-10/h3,7,9,14-17H,2,4-5H2,1H3,(H,13,18). The van der Waals surface area contributed by atoms with Crippen LogP contribution in [-0.4, -0.2) is 40.9 Å². The zero-order valence-corrected chi connectivity index (χ0v) is 10.2. The summed E-state index contributed by atoms with van der Waals surface area (Å²) < 4.78 is 0. The Morgan fingerprint density at radius 1 is 1.56 bits per heavy atom. The average Bonchev–Trinajstić information content (AvgIpc) is 2.85. The van der Waals surface area contributed by atoms with Crippen molar-refractivity contribution in [1.29, 1.82) is 0 Å². The maximum atomic E-state index is 12.1. The first-order chi connectivity index (χ1) is 8.58. The van der Waals surface area contributed by atoms with Crippen molar-refractivity contribution in [3.05, 3.63) is 22.9 Å². The maximum Gasteiger partial charge on any atom is 0.269 e. The highest BCUT2D eigenvalue weighted by Crippen LogP contribution is 2.50. The van der Waals surface area contributed by atoms with Gasteiger partial charge in [0.1, 0.15) is 5.70 Å². The summed E-state index contributed by atoms with van der Waals surface area (Å²) in [7, 11) is 0. The minimum absolute atomic E-state index is 0.204. The van der Waals surface area contributed by atoms with Crippen LogP contribution in [0.25, 0.3) is 0 Å². The third-order valence-corrected chi connectivity index (χ3v) is 3.83. The van der Waals surface area contributed by atoms with Crippen molar-refractivity contribution in [2.45, 2.75) is 24.9 Å². The molecule has 98 valence electrons. The van der Waals surface area contributed by atoms with Gasteiger partial charge in [-0.25, -0.2) is 5.43 Å². The Kier molecular flexibility index (Phi) is 2.48. The van der Waals surface area contributed by atoms with Crippen LogP contribution in [0.4, 0.5) is 0 Å². The Morgan fingerprint density at radius 2 is 2.28 bits per heavy atom. The van der Waals surface area contributed by atoms with Gasteiger partial charge in [-0.05, 0) is 13.3 Å². The van der Waals surface area contributed by atoms with Gasteiger partial charge in [-0.2, -0.15) is 0 Å². The van der Waals surface area contributed by atoms with E-state index in [-0.39, 0.29) is 25.2 Å². The van der Waals surface area contributed by atoms with E-state index >= 15 is 0 Å². The molecule has 2 unspecified atom stereocenters. The quantitative estimate of drug-likeness (QED) is 0.421. The average molecular weight is 251 g/mol. The summed E-state index contributed by atoms with van der Waals surface area (Å²) in [5.74, 6) is 0.239. The molecule has 6 nitrogen and oxygen atoms in total. The zero-order chi connectivity index (χ0) is 12.9. The van der Waals surface area contributed by atoms with Crippen molar-refractivity contribution in [2.24, 2.45) is 5.92 Å². The van der Waals surface area contributed by atoms with Crippen LogP contribution in [0.15, 0.2) is 22.9 Å². The van der Waals surface area contributed by atoms with Gasteiger partial charge in [0, 0.05) is 11.5 Å². The first-order valence-corrected chi connectivity index (χ1v) is 6.08. The molecule has 0 saturated heterocycles. The van der Waals surface area contributed by atoms with E-state index in [0.717, 1.165) is 12.0 Å². The van der Waals surface area contributed by atoms with Crippen LogP contribution in [0.5, 0.6) is 0 Å². The third kappa shape index (κ3) is 1.65. The van der Waals surface area contributed by atoms with Crippen LogP contribution < -0.4 is 16.2 Å². The maximum absolute atomic E-state index is 12.1. The first-order valence-electron chi connectivity index (χ1n) is 6.08. The van der Waals surface area contributed by atoms with Crippen molar-refractivity contribution < 1.29 is 15.0 Å². The van der Waals surface area contributed by atoms with E-state index < -0.39 is 5.54 Å². The van der Waals surface area contributed by atoms with Gasteiger partial charge in [-0.1, -0.05) is 11.6 Å². The van der Waals surface area contributed by atoms with Crippen LogP contribution in [-0.2, 0) is 4.79 Å². The monoisotopic (exact) mass is 251 g/mol. The number of hydrazine groups is 1. The highest BCUT2D eigenvalue weighted by molar-refractivity contribution is 5.95. The number of rotatable bonds is 4. The molecule has 6 heteroatoms. The lowest BCUT2D eigenvalue weighted by molar-refractivity contribution is -0.120. The molecular weight excluding hydrogens is 234 g/mol. The second-order valence-corrected chi connectivity index (χ2v) is 5.44. The number of amides is 1. The molecule has 0 spiro atoms. The van der Waals surface area contributed by atoms with Crippen LogP contribution >= 0.6 is 0 Å². The number of aliphatic hydroxyl groups is 2. The number of carbonyl (C=O) groups is 1. The predicted molar refractivity (Wildman–Crippen MR) is 64.0 cm³/mol. The lowest BCUT2D eigenvalue weighted by Crippen LogP contribution is -2.53. The molecule has 3 aliphatic rings. The molecule has 0 aromatic carbocycles. The normalized spacial score (nSPS) is 28.5. The van der Waals surface area contributed by atoms with Crippen molar-refractivity contribution in [3.63, 3.8) is 0 Å². The largest absolute Gasteiger partial charge is 0.394 e. The molecule has 1 fully saturated rings. The number of fused-ring (bicyclic) bond motifs is 3. The summed E-state index contributed by atoms with van der Waals surface area (Å²) in [6, 6.07) is 0.204. The molecule has 2 atom stereocenters. The van der Waals surface area contributed by atoms with E-state index in [1.165, 1.54) is 5.57 Å². The molecule has 1 amide bonds. The minimum atomic E-state index is -1.00. The molecule has 18 heavy (non-hydrogen) atoms. The molecule has 0 radical (unpaired) electrons. The summed E-state index contributed by atoms with van der Waals surface area (Å²) in [6.45, 7) is 0.984. The lowest BCUT2D eigenvalue weighted by atomic mass is 10.0. The number of hydrogen-bond donors (Lipinski definition) is 5. The van der Waals surface area contributed by atoms with E-state index in [1.54, 1.807) is 6.92 Å².